The molecule has 2 heterocycles. The van der Waals surface area contributed by atoms with E-state index in [4.69, 9.17) is 9.68 Å². The van der Waals surface area contributed by atoms with E-state index in [9.17, 15) is 9.18 Å². The zero-order valence-electron chi connectivity index (χ0n) is 13.5. The lowest BCUT2D eigenvalue weighted by Gasteiger charge is -2.25. The summed E-state index contributed by atoms with van der Waals surface area (Å²) in [5.41, 5.74) is 2.22. The zero-order chi connectivity index (χ0) is 17.6. The second-order valence-electron chi connectivity index (χ2n) is 5.73. The summed E-state index contributed by atoms with van der Waals surface area (Å²) in [4.78, 5) is 14.1. The second kappa shape index (κ2) is 7.62. The van der Waals surface area contributed by atoms with E-state index in [1.54, 1.807) is 6.07 Å². The van der Waals surface area contributed by atoms with Gasteiger partial charge in [0.15, 0.2) is 5.88 Å². The first-order valence-corrected chi connectivity index (χ1v) is 8.05. The number of halogens is 1. The fourth-order valence-electron chi connectivity index (χ4n) is 2.68. The smallest absolute Gasteiger partial charge is 0.274 e. The van der Waals surface area contributed by atoms with E-state index < -0.39 is 11.7 Å². The van der Waals surface area contributed by atoms with Crippen molar-refractivity contribution in [3.63, 3.8) is 0 Å². The molecular weight excluding hydrogens is 323 g/mol. The number of carbonyl (C=O) groups is 1. The number of rotatable bonds is 4. The molecule has 1 aliphatic heterocycles. The maximum Gasteiger partial charge on any atom is 0.274 e. The molecular formula is C18H17FN4O2. The molecule has 7 heteroatoms. The highest BCUT2D eigenvalue weighted by atomic mass is 19.1. The Kier molecular flexibility index (Phi) is 5.09. The molecule has 0 unspecified atom stereocenters. The molecule has 128 valence electrons. The van der Waals surface area contributed by atoms with Gasteiger partial charge in [0, 0.05) is 19.2 Å². The van der Waals surface area contributed by atoms with Gasteiger partial charge in [-0.2, -0.15) is 10.4 Å². The predicted octanol–water partition coefficient (Wildman–Crippen LogP) is 3.04. The maximum atomic E-state index is 13.8. The van der Waals surface area contributed by atoms with Crippen LogP contribution in [0.25, 0.3) is 0 Å². The lowest BCUT2D eigenvalue weighted by Crippen LogP contribution is -2.28. The first-order valence-electron chi connectivity index (χ1n) is 8.05. The molecule has 1 fully saturated rings. The van der Waals surface area contributed by atoms with Gasteiger partial charge in [-0.1, -0.05) is 0 Å². The van der Waals surface area contributed by atoms with Crippen LogP contribution < -0.4 is 10.3 Å². The molecule has 1 saturated heterocycles. The van der Waals surface area contributed by atoms with E-state index in [1.807, 2.05) is 12.1 Å². The minimum Gasteiger partial charge on any atom is -0.440 e. The summed E-state index contributed by atoms with van der Waals surface area (Å²) in [5, 5.41) is 12.5. The van der Waals surface area contributed by atoms with Gasteiger partial charge in [-0.05, 0) is 43.5 Å². The zero-order valence-corrected chi connectivity index (χ0v) is 13.5. The summed E-state index contributed by atoms with van der Waals surface area (Å²) >= 11 is 0. The molecule has 0 atom stereocenters. The Bertz CT molecular complexity index is 832. The van der Waals surface area contributed by atoms with E-state index >= 15 is 0 Å². The summed E-state index contributed by atoms with van der Waals surface area (Å²) in [6.07, 6.45) is 4.91. The first-order chi connectivity index (χ1) is 12.2. The number of piperidine rings is 1. The first kappa shape index (κ1) is 16.7. The van der Waals surface area contributed by atoms with Gasteiger partial charge in [0.1, 0.15) is 11.6 Å². The molecule has 0 spiro atoms. The second-order valence-corrected chi connectivity index (χ2v) is 5.73. The largest absolute Gasteiger partial charge is 0.440 e. The number of nitrogens with one attached hydrogen (secondary N) is 1. The number of carbonyl (C=O) groups excluding carboxylic acids is 1. The number of amides is 1. The summed E-state index contributed by atoms with van der Waals surface area (Å²) in [6, 6.07) is 9.08. The molecule has 0 bridgehead atoms. The Morgan fingerprint density at radius 2 is 2.08 bits per heavy atom. The Morgan fingerprint density at radius 1 is 1.28 bits per heavy atom. The van der Waals surface area contributed by atoms with Gasteiger partial charge in [0.05, 0.1) is 23.4 Å². The number of hydrazone groups is 1. The van der Waals surface area contributed by atoms with Crippen molar-refractivity contribution in [3.8, 4) is 6.07 Å². The molecule has 0 aliphatic carbocycles. The number of hydrogen-bond acceptors (Lipinski definition) is 5. The summed E-state index contributed by atoms with van der Waals surface area (Å²) in [7, 11) is 0. The minimum atomic E-state index is -0.767. The number of hydrogen-bond donors (Lipinski definition) is 1. The van der Waals surface area contributed by atoms with Gasteiger partial charge < -0.3 is 9.32 Å². The lowest BCUT2D eigenvalue weighted by molar-refractivity contribution is 0.0951. The van der Waals surface area contributed by atoms with Crippen molar-refractivity contribution >= 4 is 18.0 Å². The molecule has 1 amide bonds. The number of furan rings is 1. The molecule has 3 rings (SSSR count). The standard InChI is InChI=1S/C18H17FN4O2/c19-16-10-13(11-20)4-6-15(16)18(24)22-21-12-14-5-7-17(25-14)23-8-2-1-3-9-23/h4-7,10,12H,1-3,8-9H2,(H,22,24)/b21-12-. The minimum absolute atomic E-state index is 0.151. The van der Waals surface area contributed by atoms with Crippen LogP contribution in [0.5, 0.6) is 0 Å². The van der Waals surface area contributed by atoms with E-state index in [0.29, 0.717) is 5.76 Å². The average Bonchev–Trinajstić information content (AvgIpc) is 3.11. The van der Waals surface area contributed by atoms with E-state index in [0.717, 1.165) is 37.9 Å². The third-order valence-electron chi connectivity index (χ3n) is 3.98. The van der Waals surface area contributed by atoms with E-state index in [1.165, 1.54) is 24.8 Å². The third kappa shape index (κ3) is 4.04. The normalized spacial score (nSPS) is 14.5. The van der Waals surface area contributed by atoms with Crippen molar-refractivity contribution in [2.45, 2.75) is 19.3 Å². The van der Waals surface area contributed by atoms with Gasteiger partial charge in [0.25, 0.3) is 5.91 Å². The highest BCUT2D eigenvalue weighted by molar-refractivity contribution is 5.95. The molecule has 6 nitrogen and oxygen atoms in total. The fraction of sp³-hybridized carbons (Fsp3) is 0.278. The van der Waals surface area contributed by atoms with Crippen molar-refractivity contribution in [3.05, 3.63) is 53.0 Å². The summed E-state index contributed by atoms with van der Waals surface area (Å²) in [5.74, 6) is -0.176. The van der Waals surface area contributed by atoms with Crippen LogP contribution in [-0.2, 0) is 0 Å². The van der Waals surface area contributed by atoms with Crippen LogP contribution in [0.1, 0.15) is 40.9 Å². The van der Waals surface area contributed by atoms with Crippen molar-refractivity contribution in [1.29, 1.82) is 5.26 Å². The number of benzene rings is 1. The van der Waals surface area contributed by atoms with Crippen molar-refractivity contribution in [1.82, 2.24) is 5.43 Å². The van der Waals surface area contributed by atoms with Gasteiger partial charge in [-0.3, -0.25) is 4.79 Å². The highest BCUT2D eigenvalue weighted by Crippen LogP contribution is 2.21. The van der Waals surface area contributed by atoms with Crippen LogP contribution in [0.4, 0.5) is 10.3 Å². The quantitative estimate of drug-likeness (QED) is 0.685. The van der Waals surface area contributed by atoms with Crippen molar-refractivity contribution in [2.24, 2.45) is 5.10 Å². The van der Waals surface area contributed by atoms with E-state index in [2.05, 4.69) is 15.4 Å². The van der Waals surface area contributed by atoms with Gasteiger partial charge in [0.2, 0.25) is 0 Å². The Hall–Kier alpha value is -3.14. The van der Waals surface area contributed by atoms with Crippen molar-refractivity contribution in [2.75, 3.05) is 18.0 Å². The molecule has 1 aromatic heterocycles. The van der Waals surface area contributed by atoms with Gasteiger partial charge in [-0.25, -0.2) is 9.82 Å². The van der Waals surface area contributed by atoms with E-state index in [-0.39, 0.29) is 11.1 Å². The Labute approximate surface area is 144 Å². The van der Waals surface area contributed by atoms with Crippen molar-refractivity contribution < 1.29 is 13.6 Å². The molecule has 1 N–H and O–H groups in total. The molecule has 1 aliphatic rings. The van der Waals surface area contributed by atoms with Crippen LogP contribution in [0.15, 0.2) is 39.9 Å². The molecule has 0 radical (unpaired) electrons. The third-order valence-corrected chi connectivity index (χ3v) is 3.98. The van der Waals surface area contributed by atoms with Crippen LogP contribution >= 0.6 is 0 Å². The number of nitriles is 1. The molecule has 0 saturated carbocycles. The average molecular weight is 340 g/mol. The SMILES string of the molecule is N#Cc1ccc(C(=O)N/N=C\c2ccc(N3CCCCC3)o2)c(F)c1. The monoisotopic (exact) mass is 340 g/mol. The molecule has 2 aromatic rings. The number of nitrogens with zero attached hydrogens (tertiary/aromatic N) is 3. The van der Waals surface area contributed by atoms with Crippen LogP contribution in [0.3, 0.4) is 0 Å². The highest BCUT2D eigenvalue weighted by Gasteiger charge is 2.14. The van der Waals surface area contributed by atoms with Crippen LogP contribution in [0.2, 0.25) is 0 Å². The summed E-state index contributed by atoms with van der Waals surface area (Å²) < 4.78 is 19.4. The van der Waals surface area contributed by atoms with Gasteiger partial charge >= 0.3 is 0 Å². The molecule has 1 aromatic carbocycles. The molecule has 25 heavy (non-hydrogen) atoms. The predicted molar refractivity (Wildman–Crippen MR) is 90.9 cm³/mol. The fourth-order valence-corrected chi connectivity index (χ4v) is 2.68. The number of anilines is 1. The Balaban J connectivity index is 1.60. The topological polar surface area (TPSA) is 81.6 Å². The summed E-state index contributed by atoms with van der Waals surface area (Å²) in [6.45, 7) is 1.94. The van der Waals surface area contributed by atoms with Crippen LogP contribution in [-0.4, -0.2) is 25.2 Å². The van der Waals surface area contributed by atoms with Crippen LogP contribution in [0, 0.1) is 17.1 Å². The lowest BCUT2D eigenvalue weighted by atomic mass is 10.1. The Morgan fingerprint density at radius 3 is 2.80 bits per heavy atom. The van der Waals surface area contributed by atoms with Gasteiger partial charge in [-0.15, -0.1) is 0 Å². The maximum absolute atomic E-state index is 13.8.